The molecule has 2 aromatic rings. The minimum atomic E-state index is -0.457. The lowest BCUT2D eigenvalue weighted by atomic mass is 10.3. The molecule has 0 unspecified atom stereocenters. The maximum Gasteiger partial charge on any atom is 0.308 e. The van der Waals surface area contributed by atoms with Crippen LogP contribution in [0, 0.1) is 0 Å². The summed E-state index contributed by atoms with van der Waals surface area (Å²) < 4.78 is 5.05. The fraction of sp³-hybridized carbons (Fsp3) is 0.188. The Bertz CT molecular complexity index is 806. The number of esters is 1. The fourth-order valence-electron chi connectivity index (χ4n) is 1.85. The molecule has 0 bridgehead atoms. The van der Waals surface area contributed by atoms with Crippen molar-refractivity contribution in [3.8, 4) is 5.75 Å². The second-order valence-electron chi connectivity index (χ2n) is 4.95. The summed E-state index contributed by atoms with van der Waals surface area (Å²) >= 11 is 0. The van der Waals surface area contributed by atoms with Gasteiger partial charge in [0.2, 0.25) is 5.91 Å². The summed E-state index contributed by atoms with van der Waals surface area (Å²) in [7, 11) is 0. The molecule has 1 aromatic heterocycles. The molecule has 0 aliphatic heterocycles. The molecule has 25 heavy (non-hydrogen) atoms. The van der Waals surface area contributed by atoms with Crippen molar-refractivity contribution in [2.75, 3.05) is 17.6 Å². The normalized spacial score (nSPS) is 10.6. The topological polar surface area (TPSA) is 145 Å². The van der Waals surface area contributed by atoms with E-state index in [1.807, 2.05) is 0 Å². The molecule has 0 radical (unpaired) electrons. The second-order valence-corrected chi connectivity index (χ2v) is 4.95. The predicted octanol–water partition coefficient (Wildman–Crippen LogP) is 2.29. The smallest absolute Gasteiger partial charge is 0.308 e. The van der Waals surface area contributed by atoms with Gasteiger partial charge in [0.15, 0.2) is 11.6 Å². The number of amides is 1. The number of nitrogens with two attached hydrogens (primary N) is 2. The first-order valence-electron chi connectivity index (χ1n) is 7.45. The van der Waals surface area contributed by atoms with Gasteiger partial charge < -0.3 is 21.5 Å². The Kier molecular flexibility index (Phi) is 6.13. The van der Waals surface area contributed by atoms with Crippen LogP contribution < -0.4 is 21.5 Å². The quantitative estimate of drug-likeness (QED) is 0.417. The van der Waals surface area contributed by atoms with Crippen LogP contribution in [0.15, 0.2) is 46.6 Å². The third-order valence-electron chi connectivity index (χ3n) is 2.93. The van der Waals surface area contributed by atoms with E-state index in [0.29, 0.717) is 17.2 Å². The first kappa shape index (κ1) is 18.0. The highest BCUT2D eigenvalue weighted by atomic mass is 16.5. The van der Waals surface area contributed by atoms with E-state index in [0.717, 1.165) is 0 Å². The van der Waals surface area contributed by atoms with Gasteiger partial charge in [0, 0.05) is 19.9 Å². The Labute approximate surface area is 144 Å². The Morgan fingerprint density at radius 3 is 2.56 bits per heavy atom. The van der Waals surface area contributed by atoms with Crippen LogP contribution in [0.4, 0.5) is 23.0 Å². The number of nitrogens with zero attached hydrogens (tertiary/aromatic N) is 3. The third-order valence-corrected chi connectivity index (χ3v) is 2.93. The molecule has 1 amide bonds. The van der Waals surface area contributed by atoms with E-state index < -0.39 is 5.97 Å². The van der Waals surface area contributed by atoms with Crippen molar-refractivity contribution in [1.29, 1.82) is 0 Å². The Morgan fingerprint density at radius 1 is 1.16 bits per heavy atom. The van der Waals surface area contributed by atoms with Crippen molar-refractivity contribution < 1.29 is 14.3 Å². The van der Waals surface area contributed by atoms with Gasteiger partial charge in [0.05, 0.1) is 0 Å². The predicted molar refractivity (Wildman–Crippen MR) is 92.9 cm³/mol. The van der Waals surface area contributed by atoms with Gasteiger partial charge in [-0.2, -0.15) is 0 Å². The summed E-state index contributed by atoms with van der Waals surface area (Å²) in [5.74, 6) is -0.0223. The molecular weight excluding hydrogens is 324 g/mol. The highest BCUT2D eigenvalue weighted by Crippen LogP contribution is 2.30. The summed E-state index contributed by atoms with van der Waals surface area (Å²) in [4.78, 5) is 26.6. The number of para-hydroxylation sites is 1. The Balaban J connectivity index is 2.17. The van der Waals surface area contributed by atoms with Gasteiger partial charge in [-0.1, -0.05) is 12.1 Å². The van der Waals surface area contributed by atoms with Crippen molar-refractivity contribution in [2.45, 2.75) is 13.3 Å². The number of ether oxygens (including phenoxy) is 1. The first-order chi connectivity index (χ1) is 12.0. The van der Waals surface area contributed by atoms with E-state index in [1.54, 1.807) is 36.4 Å². The molecule has 1 heterocycles. The van der Waals surface area contributed by atoms with Crippen molar-refractivity contribution in [3.05, 3.63) is 36.4 Å². The number of hydrogen-bond donors (Lipinski definition) is 3. The Hall–Kier alpha value is -3.33. The molecule has 5 N–H and O–H groups in total. The lowest BCUT2D eigenvalue weighted by Crippen LogP contribution is -2.17. The fourth-order valence-corrected chi connectivity index (χ4v) is 1.85. The minimum Gasteiger partial charge on any atom is -0.424 e. The summed E-state index contributed by atoms with van der Waals surface area (Å²) in [5, 5.41) is 10.6. The van der Waals surface area contributed by atoms with E-state index in [1.165, 1.54) is 6.92 Å². The molecule has 0 atom stereocenters. The number of nitrogens with one attached hydrogen (secondary N) is 1. The van der Waals surface area contributed by atoms with Gasteiger partial charge in [0.25, 0.3) is 0 Å². The number of anilines is 2. The summed E-state index contributed by atoms with van der Waals surface area (Å²) in [5.41, 5.74) is 11.8. The van der Waals surface area contributed by atoms with E-state index in [2.05, 4.69) is 20.5 Å². The zero-order valence-electron chi connectivity index (χ0n) is 13.6. The zero-order chi connectivity index (χ0) is 18.2. The molecule has 9 nitrogen and oxygen atoms in total. The average Bonchev–Trinajstić information content (AvgIpc) is 2.55. The van der Waals surface area contributed by atoms with Gasteiger partial charge in [-0.25, -0.2) is 4.98 Å². The molecule has 2 rings (SSSR count). The number of hydrogen-bond acceptors (Lipinski definition) is 8. The molecule has 0 saturated heterocycles. The van der Waals surface area contributed by atoms with Crippen LogP contribution >= 0.6 is 0 Å². The Morgan fingerprint density at radius 2 is 1.88 bits per heavy atom. The summed E-state index contributed by atoms with van der Waals surface area (Å²) in [6.07, 6.45) is 0.190. The molecule has 9 heteroatoms. The van der Waals surface area contributed by atoms with E-state index in [9.17, 15) is 9.59 Å². The molecule has 0 aliphatic carbocycles. The van der Waals surface area contributed by atoms with Gasteiger partial charge in [-0.3, -0.25) is 9.59 Å². The molecule has 0 fully saturated rings. The largest absolute Gasteiger partial charge is 0.424 e. The number of nitrogen functional groups attached to an aromatic ring is 1. The van der Waals surface area contributed by atoms with E-state index in [4.69, 9.17) is 16.2 Å². The second kappa shape index (κ2) is 8.50. The van der Waals surface area contributed by atoms with Crippen LogP contribution in [-0.2, 0) is 9.59 Å². The van der Waals surface area contributed by atoms with Gasteiger partial charge in [-0.05, 0) is 24.3 Å². The number of azo groups is 1. The highest BCUT2D eigenvalue weighted by Gasteiger charge is 2.07. The van der Waals surface area contributed by atoms with Gasteiger partial charge in [0.1, 0.15) is 17.2 Å². The highest BCUT2D eigenvalue weighted by molar-refractivity contribution is 5.90. The maximum absolute atomic E-state index is 11.5. The maximum atomic E-state index is 11.5. The number of carbonyl (C=O) groups excluding carboxylic acids is 2. The van der Waals surface area contributed by atoms with E-state index in [-0.39, 0.29) is 30.4 Å². The van der Waals surface area contributed by atoms with Crippen molar-refractivity contribution in [1.82, 2.24) is 4.98 Å². The van der Waals surface area contributed by atoms with Crippen molar-refractivity contribution in [2.24, 2.45) is 16.0 Å². The number of pyridine rings is 1. The van der Waals surface area contributed by atoms with Crippen LogP contribution in [0.25, 0.3) is 0 Å². The SMILES string of the molecule is CC(=O)Oc1ccccc1N=Nc1ccc(NC(=O)CCN)nc1N. The lowest BCUT2D eigenvalue weighted by Gasteiger charge is -2.06. The van der Waals surface area contributed by atoms with Crippen LogP contribution in [0.3, 0.4) is 0 Å². The van der Waals surface area contributed by atoms with Gasteiger partial charge in [-0.15, -0.1) is 10.2 Å². The lowest BCUT2D eigenvalue weighted by molar-refractivity contribution is -0.131. The molecule has 0 spiro atoms. The molecular formula is C16H18N6O3. The molecule has 130 valence electrons. The number of rotatable bonds is 6. The average molecular weight is 342 g/mol. The third kappa shape index (κ3) is 5.36. The number of benzene rings is 1. The van der Waals surface area contributed by atoms with Crippen LogP contribution in [0.5, 0.6) is 5.75 Å². The van der Waals surface area contributed by atoms with Crippen molar-refractivity contribution in [3.63, 3.8) is 0 Å². The number of carbonyl (C=O) groups is 2. The standard InChI is InChI=1S/C16H18N6O3/c1-10(23)25-13-5-3-2-4-11(13)21-22-12-6-7-14(20-16(12)18)19-15(24)8-9-17/h2-7H,8-9,17H2,1H3,(H3,18,19,20,24). The first-order valence-corrected chi connectivity index (χ1v) is 7.45. The number of aromatic nitrogens is 1. The summed E-state index contributed by atoms with van der Waals surface area (Å²) in [6, 6.07) is 9.82. The molecule has 1 aromatic carbocycles. The van der Waals surface area contributed by atoms with Crippen molar-refractivity contribution >= 4 is 34.9 Å². The van der Waals surface area contributed by atoms with Crippen LogP contribution in [0.1, 0.15) is 13.3 Å². The van der Waals surface area contributed by atoms with Crippen LogP contribution in [-0.4, -0.2) is 23.4 Å². The summed E-state index contributed by atoms with van der Waals surface area (Å²) in [6.45, 7) is 1.54. The van der Waals surface area contributed by atoms with Crippen LogP contribution in [0.2, 0.25) is 0 Å². The monoisotopic (exact) mass is 342 g/mol. The molecule has 0 saturated carbocycles. The zero-order valence-corrected chi connectivity index (χ0v) is 13.6. The van der Waals surface area contributed by atoms with E-state index >= 15 is 0 Å². The van der Waals surface area contributed by atoms with Gasteiger partial charge >= 0.3 is 5.97 Å². The molecule has 0 aliphatic rings. The minimum absolute atomic E-state index is 0.0965.